The second-order valence-corrected chi connectivity index (χ2v) is 3.57. The monoisotopic (exact) mass is 300 g/mol. The maximum atomic E-state index is 10.9. The topological polar surface area (TPSA) is 32.1 Å². The molecule has 0 unspecified atom stereocenters. The lowest BCUT2D eigenvalue weighted by Crippen LogP contribution is -3.00. The van der Waals surface area contributed by atoms with Gasteiger partial charge in [0.2, 0.25) is 0 Å². The zero-order chi connectivity index (χ0) is 8.43. The number of hydrogen-bond acceptors (Lipinski definition) is 2. The molecule has 0 atom stereocenters. The first-order chi connectivity index (χ1) is 5.15. The third kappa shape index (κ3) is 2.62. The van der Waals surface area contributed by atoms with Gasteiger partial charge in [-0.1, -0.05) is 0 Å². The number of amidine groups is 1. The van der Waals surface area contributed by atoms with E-state index in [-0.39, 0.29) is 29.9 Å². The third-order valence-corrected chi connectivity index (χ3v) is 2.36. The predicted molar refractivity (Wildman–Crippen MR) is 46.9 cm³/mol. The molecule has 0 saturated heterocycles. The summed E-state index contributed by atoms with van der Waals surface area (Å²) < 4.78 is 2.06. The lowest BCUT2D eigenvalue weighted by atomic mass is 10.4. The molecule has 0 bridgehead atoms. The Kier molecular flexibility index (Phi) is 5.15. The molecule has 0 saturated carbocycles. The van der Waals surface area contributed by atoms with Gasteiger partial charge in [0, 0.05) is 0 Å². The van der Waals surface area contributed by atoms with Crippen LogP contribution in [0.25, 0.3) is 0 Å². The van der Waals surface area contributed by atoms with Gasteiger partial charge in [0.05, 0.1) is 6.04 Å². The number of nitrogens with zero attached hydrogens (tertiary/aromatic N) is 1. The molecular formula is C7H13IN2OS. The molecule has 0 spiro atoms. The fourth-order valence-electron chi connectivity index (χ4n) is 1.04. The quantitative estimate of drug-likeness (QED) is 0.421. The smallest absolute Gasteiger partial charge is 0.349 e. The van der Waals surface area contributed by atoms with Gasteiger partial charge in [0.25, 0.3) is 0 Å². The molecule has 0 radical (unpaired) electrons. The minimum Gasteiger partial charge on any atom is -1.00 e. The second kappa shape index (κ2) is 5.06. The van der Waals surface area contributed by atoms with Crippen LogP contribution < -0.4 is 29.3 Å². The van der Waals surface area contributed by atoms with Gasteiger partial charge in [-0.3, -0.25) is 0 Å². The Bertz CT molecular complexity index is 215. The molecule has 1 rings (SSSR count). The largest absolute Gasteiger partial charge is 1.00 e. The normalized spacial score (nSPS) is 16.5. The highest BCUT2D eigenvalue weighted by Gasteiger charge is 2.29. The van der Waals surface area contributed by atoms with E-state index in [1.54, 1.807) is 11.8 Å². The number of amides is 1. The summed E-state index contributed by atoms with van der Waals surface area (Å²) >= 11 is 1.58. The van der Waals surface area contributed by atoms with E-state index >= 15 is 0 Å². The van der Waals surface area contributed by atoms with Crippen molar-refractivity contribution in [2.45, 2.75) is 19.9 Å². The fourth-order valence-corrected chi connectivity index (χ4v) is 1.77. The van der Waals surface area contributed by atoms with Gasteiger partial charge in [-0.2, -0.15) is 0 Å². The van der Waals surface area contributed by atoms with E-state index in [2.05, 4.69) is 23.7 Å². The van der Waals surface area contributed by atoms with Crippen molar-refractivity contribution in [1.29, 1.82) is 0 Å². The van der Waals surface area contributed by atoms with E-state index < -0.39 is 0 Å². The SMILES string of the molecule is CSC1=[N+](C(C)C)CC(=O)N1.[I-]. The Morgan fingerprint density at radius 3 is 2.50 bits per heavy atom. The van der Waals surface area contributed by atoms with Crippen LogP contribution in [0.1, 0.15) is 13.8 Å². The van der Waals surface area contributed by atoms with Crippen LogP contribution >= 0.6 is 11.8 Å². The first-order valence-electron chi connectivity index (χ1n) is 3.62. The average molecular weight is 300 g/mol. The van der Waals surface area contributed by atoms with Crippen LogP contribution in [0.4, 0.5) is 0 Å². The molecule has 1 aliphatic heterocycles. The Morgan fingerprint density at radius 1 is 1.58 bits per heavy atom. The fraction of sp³-hybridized carbons (Fsp3) is 0.714. The zero-order valence-electron chi connectivity index (χ0n) is 7.43. The van der Waals surface area contributed by atoms with Gasteiger partial charge >= 0.3 is 11.1 Å². The molecule has 12 heavy (non-hydrogen) atoms. The van der Waals surface area contributed by atoms with Crippen molar-refractivity contribution in [3.63, 3.8) is 0 Å². The second-order valence-electron chi connectivity index (χ2n) is 2.78. The van der Waals surface area contributed by atoms with Crippen molar-refractivity contribution in [2.75, 3.05) is 12.8 Å². The van der Waals surface area contributed by atoms with Crippen LogP contribution in [-0.4, -0.2) is 34.5 Å². The van der Waals surface area contributed by atoms with Gasteiger partial charge in [0.15, 0.2) is 6.54 Å². The van der Waals surface area contributed by atoms with Crippen LogP contribution in [0.15, 0.2) is 0 Å². The Hall–Kier alpha value is 0.220. The molecular weight excluding hydrogens is 287 g/mol. The summed E-state index contributed by atoms with van der Waals surface area (Å²) in [6.07, 6.45) is 1.97. The van der Waals surface area contributed by atoms with Gasteiger partial charge in [-0.05, 0) is 31.9 Å². The van der Waals surface area contributed by atoms with E-state index in [1.165, 1.54) is 0 Å². The van der Waals surface area contributed by atoms with E-state index in [1.807, 2.05) is 6.26 Å². The first-order valence-corrected chi connectivity index (χ1v) is 4.85. The van der Waals surface area contributed by atoms with E-state index in [0.717, 1.165) is 5.17 Å². The number of hydrogen-bond donors (Lipinski definition) is 1. The molecule has 0 aromatic rings. The van der Waals surface area contributed by atoms with Crippen LogP contribution in [0, 0.1) is 0 Å². The molecule has 0 aliphatic carbocycles. The van der Waals surface area contributed by atoms with E-state index in [4.69, 9.17) is 0 Å². The lowest BCUT2D eigenvalue weighted by Gasteiger charge is -2.03. The third-order valence-electron chi connectivity index (χ3n) is 1.64. The minimum absolute atomic E-state index is 0. The summed E-state index contributed by atoms with van der Waals surface area (Å²) in [5.74, 6) is 0.100. The van der Waals surface area contributed by atoms with Crippen LogP contribution in [0.5, 0.6) is 0 Å². The number of halogens is 1. The predicted octanol–water partition coefficient (Wildman–Crippen LogP) is -2.74. The van der Waals surface area contributed by atoms with Crippen molar-refractivity contribution >= 4 is 22.8 Å². The Balaban J connectivity index is 0.00000121. The number of carbonyl (C=O) groups is 1. The molecule has 1 heterocycles. The number of carbonyl (C=O) groups excluding carboxylic acids is 1. The van der Waals surface area contributed by atoms with Gasteiger partial charge in [-0.15, -0.1) is 0 Å². The molecule has 5 heteroatoms. The zero-order valence-corrected chi connectivity index (χ0v) is 10.4. The summed E-state index contributed by atoms with van der Waals surface area (Å²) in [5.41, 5.74) is 0. The molecule has 1 amide bonds. The number of nitrogens with one attached hydrogen (secondary N) is 1. The van der Waals surface area contributed by atoms with Gasteiger partial charge < -0.3 is 24.0 Å². The molecule has 0 aromatic heterocycles. The highest BCUT2D eigenvalue weighted by molar-refractivity contribution is 8.13. The van der Waals surface area contributed by atoms with Crippen LogP contribution in [-0.2, 0) is 4.79 Å². The minimum atomic E-state index is 0. The van der Waals surface area contributed by atoms with Crippen molar-refractivity contribution in [3.8, 4) is 0 Å². The highest BCUT2D eigenvalue weighted by Crippen LogP contribution is 2.04. The van der Waals surface area contributed by atoms with Crippen molar-refractivity contribution in [2.24, 2.45) is 0 Å². The molecule has 1 N–H and O–H groups in total. The number of rotatable bonds is 1. The standard InChI is InChI=1S/C7H12N2OS.HI/c1-5(2)9-4-6(10)8-7(9)11-3;/h5H,4H2,1-3H3;1H. The summed E-state index contributed by atoms with van der Waals surface area (Å²) in [4.78, 5) is 10.9. The summed E-state index contributed by atoms with van der Waals surface area (Å²) in [5, 5.41) is 3.78. The maximum Gasteiger partial charge on any atom is 0.349 e. The van der Waals surface area contributed by atoms with E-state index in [0.29, 0.717) is 12.6 Å². The highest BCUT2D eigenvalue weighted by atomic mass is 127. The first kappa shape index (κ1) is 12.2. The summed E-state index contributed by atoms with van der Waals surface area (Å²) in [7, 11) is 0. The van der Waals surface area contributed by atoms with E-state index in [9.17, 15) is 4.79 Å². The Labute approximate surface area is 94.0 Å². The van der Waals surface area contributed by atoms with Crippen molar-refractivity contribution in [1.82, 2.24) is 5.32 Å². The maximum absolute atomic E-state index is 10.9. The summed E-state index contributed by atoms with van der Waals surface area (Å²) in [6.45, 7) is 4.67. The van der Waals surface area contributed by atoms with Gasteiger partial charge in [-0.25, -0.2) is 14.7 Å². The Morgan fingerprint density at radius 2 is 2.17 bits per heavy atom. The van der Waals surface area contributed by atoms with Gasteiger partial charge in [0.1, 0.15) is 0 Å². The summed E-state index contributed by atoms with van der Waals surface area (Å²) in [6, 6.07) is 0.399. The van der Waals surface area contributed by atoms with Crippen LogP contribution in [0.3, 0.4) is 0 Å². The molecule has 0 aromatic carbocycles. The van der Waals surface area contributed by atoms with Crippen molar-refractivity contribution < 1.29 is 33.3 Å². The lowest BCUT2D eigenvalue weighted by molar-refractivity contribution is -0.540. The molecule has 0 fully saturated rings. The molecule has 70 valence electrons. The molecule has 1 aliphatic rings. The molecule has 3 nitrogen and oxygen atoms in total. The van der Waals surface area contributed by atoms with Crippen molar-refractivity contribution in [3.05, 3.63) is 0 Å². The van der Waals surface area contributed by atoms with Crippen LogP contribution in [0.2, 0.25) is 0 Å². The average Bonchev–Trinajstić information content (AvgIpc) is 2.30. The number of thioether (sulfide) groups is 1.